The summed E-state index contributed by atoms with van der Waals surface area (Å²) in [6.07, 6.45) is 0.807. The van der Waals surface area contributed by atoms with E-state index in [9.17, 15) is 19.5 Å². The van der Waals surface area contributed by atoms with Crippen LogP contribution in [0.25, 0.3) is 0 Å². The highest BCUT2D eigenvalue weighted by atomic mass is 16.6. The maximum Gasteiger partial charge on any atom is 0.407 e. The van der Waals surface area contributed by atoms with Crippen molar-refractivity contribution in [3.05, 3.63) is 58.0 Å². The zero-order valence-electron chi connectivity index (χ0n) is 16.3. The van der Waals surface area contributed by atoms with E-state index in [1.165, 1.54) is 42.1 Å². The number of alkyl carbamates (subject to hydrolysis) is 1. The van der Waals surface area contributed by atoms with Crippen LogP contribution in [0.4, 0.5) is 4.79 Å². The van der Waals surface area contributed by atoms with Gasteiger partial charge < -0.3 is 24.5 Å². The number of hydrogen-bond donors (Lipinski definition) is 2. The number of aromatic hydroxyl groups is 1. The molecule has 0 bridgehead atoms. The van der Waals surface area contributed by atoms with Gasteiger partial charge >= 0.3 is 6.09 Å². The van der Waals surface area contributed by atoms with Crippen molar-refractivity contribution in [2.75, 3.05) is 13.7 Å². The summed E-state index contributed by atoms with van der Waals surface area (Å²) in [5.74, 6) is -0.227. The van der Waals surface area contributed by atoms with Gasteiger partial charge in [0, 0.05) is 37.0 Å². The minimum absolute atomic E-state index is 0.0953. The molecule has 8 nitrogen and oxygen atoms in total. The summed E-state index contributed by atoms with van der Waals surface area (Å²) < 4.78 is 11.4. The van der Waals surface area contributed by atoms with Crippen LogP contribution in [0.2, 0.25) is 0 Å². The van der Waals surface area contributed by atoms with Crippen LogP contribution in [0.5, 0.6) is 11.5 Å². The average molecular weight is 388 g/mol. The van der Waals surface area contributed by atoms with Gasteiger partial charge in [-0.05, 0) is 39.0 Å². The number of carbonyl (C=O) groups excluding carboxylic acids is 2. The molecule has 0 aliphatic heterocycles. The zero-order chi connectivity index (χ0) is 20.9. The number of hydrogen-bond acceptors (Lipinski definition) is 6. The standard InChI is InChI=1S/C20H24N2O6/c1-20(2,3)28-19(26)21-9-10-22-12-13(5-8-17(22)24)18(25)15-7-6-14(27-4)11-16(15)23/h5-8,11-12,23H,9-10H2,1-4H3,(H,21,26). The summed E-state index contributed by atoms with van der Waals surface area (Å²) in [7, 11) is 1.46. The molecule has 0 unspecified atom stereocenters. The van der Waals surface area contributed by atoms with Crippen LogP contribution in [0.1, 0.15) is 36.7 Å². The van der Waals surface area contributed by atoms with Crippen molar-refractivity contribution >= 4 is 11.9 Å². The third kappa shape index (κ3) is 5.60. The number of benzene rings is 1. The number of pyridine rings is 1. The van der Waals surface area contributed by atoms with Crippen LogP contribution in [-0.4, -0.2) is 40.8 Å². The molecule has 28 heavy (non-hydrogen) atoms. The second-order valence-electron chi connectivity index (χ2n) is 7.09. The van der Waals surface area contributed by atoms with Gasteiger partial charge in [-0.25, -0.2) is 4.79 Å². The third-order valence-corrected chi connectivity index (χ3v) is 3.72. The topological polar surface area (TPSA) is 107 Å². The number of methoxy groups -OCH3 is 1. The first-order valence-corrected chi connectivity index (χ1v) is 8.70. The van der Waals surface area contributed by atoms with Crippen molar-refractivity contribution in [2.24, 2.45) is 0 Å². The molecule has 0 spiro atoms. The summed E-state index contributed by atoms with van der Waals surface area (Å²) in [5.41, 5.74) is -0.607. The molecule has 0 aliphatic rings. The Balaban J connectivity index is 2.11. The molecule has 0 fully saturated rings. The lowest BCUT2D eigenvalue weighted by Crippen LogP contribution is -2.35. The van der Waals surface area contributed by atoms with E-state index in [-0.39, 0.29) is 35.5 Å². The molecule has 1 amide bonds. The first kappa shape index (κ1) is 21.0. The van der Waals surface area contributed by atoms with Gasteiger partial charge in [0.1, 0.15) is 17.1 Å². The molecule has 0 saturated carbocycles. The second-order valence-corrected chi connectivity index (χ2v) is 7.09. The van der Waals surface area contributed by atoms with Crippen LogP contribution in [0.15, 0.2) is 41.3 Å². The number of phenolic OH excluding ortho intramolecular Hbond substituents is 1. The van der Waals surface area contributed by atoms with Crippen LogP contribution in [0.3, 0.4) is 0 Å². The van der Waals surface area contributed by atoms with E-state index in [1.54, 1.807) is 26.8 Å². The largest absolute Gasteiger partial charge is 0.507 e. The first-order valence-electron chi connectivity index (χ1n) is 8.70. The molecule has 0 atom stereocenters. The van der Waals surface area contributed by atoms with Gasteiger partial charge in [0.25, 0.3) is 5.56 Å². The molecule has 0 radical (unpaired) electrons. The van der Waals surface area contributed by atoms with E-state index < -0.39 is 17.5 Å². The number of nitrogens with zero attached hydrogens (tertiary/aromatic N) is 1. The van der Waals surface area contributed by atoms with E-state index in [1.807, 2.05) is 0 Å². The molecule has 8 heteroatoms. The normalized spacial score (nSPS) is 11.0. The summed E-state index contributed by atoms with van der Waals surface area (Å²) >= 11 is 0. The van der Waals surface area contributed by atoms with Crippen molar-refractivity contribution in [1.29, 1.82) is 0 Å². The quantitative estimate of drug-likeness (QED) is 0.736. The fourth-order valence-corrected chi connectivity index (χ4v) is 2.42. The summed E-state index contributed by atoms with van der Waals surface area (Å²) in [6.45, 7) is 5.57. The van der Waals surface area contributed by atoms with Crippen LogP contribution in [-0.2, 0) is 11.3 Å². The Kier molecular flexibility index (Phi) is 6.45. The van der Waals surface area contributed by atoms with Crippen LogP contribution < -0.4 is 15.6 Å². The number of ketones is 1. The summed E-state index contributed by atoms with van der Waals surface area (Å²) in [6, 6.07) is 7.02. The number of carbonyl (C=O) groups is 2. The average Bonchev–Trinajstić information content (AvgIpc) is 2.61. The highest BCUT2D eigenvalue weighted by molar-refractivity contribution is 6.10. The Bertz CT molecular complexity index is 927. The lowest BCUT2D eigenvalue weighted by atomic mass is 10.0. The van der Waals surface area contributed by atoms with Crippen molar-refractivity contribution in [3.8, 4) is 11.5 Å². The second kappa shape index (κ2) is 8.60. The fraction of sp³-hybridized carbons (Fsp3) is 0.350. The Labute approximate surface area is 162 Å². The molecule has 2 N–H and O–H groups in total. The van der Waals surface area contributed by atoms with Crippen LogP contribution >= 0.6 is 0 Å². The van der Waals surface area contributed by atoms with Gasteiger partial charge in [-0.1, -0.05) is 0 Å². The summed E-state index contributed by atoms with van der Waals surface area (Å²) in [5, 5.41) is 12.6. The SMILES string of the molecule is COc1ccc(C(=O)c2ccc(=O)n(CCNC(=O)OC(C)(C)C)c2)c(O)c1. The first-order chi connectivity index (χ1) is 13.1. The van der Waals surface area contributed by atoms with Crippen molar-refractivity contribution in [3.63, 3.8) is 0 Å². The number of ether oxygens (including phenoxy) is 2. The predicted molar refractivity (Wildman–Crippen MR) is 103 cm³/mol. The number of amides is 1. The number of nitrogens with one attached hydrogen (secondary N) is 1. The van der Waals surface area contributed by atoms with Gasteiger partial charge in [0.05, 0.1) is 12.7 Å². The summed E-state index contributed by atoms with van der Waals surface area (Å²) in [4.78, 5) is 36.4. The smallest absolute Gasteiger partial charge is 0.407 e. The van der Waals surface area contributed by atoms with Crippen molar-refractivity contribution < 1.29 is 24.2 Å². The molecule has 1 aromatic heterocycles. The molecule has 0 saturated heterocycles. The molecular formula is C20H24N2O6. The lowest BCUT2D eigenvalue weighted by Gasteiger charge is -2.19. The molecule has 0 aliphatic carbocycles. The number of rotatable bonds is 6. The van der Waals surface area contributed by atoms with Gasteiger partial charge in [-0.2, -0.15) is 0 Å². The number of phenols is 1. The van der Waals surface area contributed by atoms with Gasteiger partial charge in [-0.15, -0.1) is 0 Å². The van der Waals surface area contributed by atoms with E-state index in [0.717, 1.165) is 0 Å². The molecule has 150 valence electrons. The Morgan fingerprint density at radius 3 is 2.50 bits per heavy atom. The number of aromatic nitrogens is 1. The van der Waals surface area contributed by atoms with Crippen molar-refractivity contribution in [2.45, 2.75) is 32.9 Å². The van der Waals surface area contributed by atoms with Gasteiger partial charge in [-0.3, -0.25) is 9.59 Å². The Morgan fingerprint density at radius 2 is 1.89 bits per heavy atom. The van der Waals surface area contributed by atoms with Crippen molar-refractivity contribution in [1.82, 2.24) is 9.88 Å². The third-order valence-electron chi connectivity index (χ3n) is 3.72. The Morgan fingerprint density at radius 1 is 1.18 bits per heavy atom. The highest BCUT2D eigenvalue weighted by Crippen LogP contribution is 2.25. The van der Waals surface area contributed by atoms with E-state index in [0.29, 0.717) is 5.75 Å². The molecule has 2 rings (SSSR count). The van der Waals surface area contributed by atoms with E-state index in [4.69, 9.17) is 9.47 Å². The van der Waals surface area contributed by atoms with Crippen LogP contribution in [0, 0.1) is 0 Å². The van der Waals surface area contributed by atoms with E-state index >= 15 is 0 Å². The van der Waals surface area contributed by atoms with Gasteiger partial charge in [0.2, 0.25) is 0 Å². The van der Waals surface area contributed by atoms with E-state index in [2.05, 4.69) is 5.32 Å². The molecule has 1 aromatic carbocycles. The minimum atomic E-state index is -0.617. The van der Waals surface area contributed by atoms with Gasteiger partial charge in [0.15, 0.2) is 5.78 Å². The monoisotopic (exact) mass is 388 g/mol. The predicted octanol–water partition coefficient (Wildman–Crippen LogP) is 2.32. The highest BCUT2D eigenvalue weighted by Gasteiger charge is 2.17. The minimum Gasteiger partial charge on any atom is -0.507 e. The zero-order valence-corrected chi connectivity index (χ0v) is 16.3. The molecule has 1 heterocycles. The Hall–Kier alpha value is -3.29. The fourth-order valence-electron chi connectivity index (χ4n) is 2.42. The maximum absolute atomic E-state index is 12.7. The maximum atomic E-state index is 12.7. The lowest BCUT2D eigenvalue weighted by molar-refractivity contribution is 0.0525. The molecule has 2 aromatic rings. The molecular weight excluding hydrogens is 364 g/mol.